The minimum absolute atomic E-state index is 0.0107. The van der Waals surface area contributed by atoms with Crippen LogP contribution in [0.1, 0.15) is 48.5 Å². The minimum atomic E-state index is -0.0107. The smallest absolute Gasteiger partial charge is 0.252 e. The first kappa shape index (κ1) is 16.7. The van der Waals surface area contributed by atoms with Crippen LogP contribution >= 0.6 is 22.6 Å². The van der Waals surface area contributed by atoms with Crippen molar-refractivity contribution in [3.05, 3.63) is 32.9 Å². The molecule has 1 aromatic rings. The molecule has 0 saturated heterocycles. The minimum Gasteiger partial charge on any atom is -0.376 e. The summed E-state index contributed by atoms with van der Waals surface area (Å²) in [5.41, 5.74) is 1.89. The number of rotatable bonds is 5. The summed E-state index contributed by atoms with van der Waals surface area (Å²) >= 11 is 2.23. The van der Waals surface area contributed by atoms with Crippen LogP contribution in [0.2, 0.25) is 0 Å². The molecule has 116 valence electrons. The average Bonchev–Trinajstić information content (AvgIpc) is 2.48. The molecule has 1 aliphatic carbocycles. The third-order valence-electron chi connectivity index (χ3n) is 4.19. The highest BCUT2D eigenvalue weighted by molar-refractivity contribution is 14.1. The molecule has 0 bridgehead atoms. The molecule has 1 aromatic carbocycles. The van der Waals surface area contributed by atoms with Crippen molar-refractivity contribution >= 4 is 28.5 Å². The molecular formula is C17H24INO2. The van der Waals surface area contributed by atoms with Gasteiger partial charge in [-0.3, -0.25) is 4.79 Å². The molecule has 0 spiro atoms. The lowest BCUT2D eigenvalue weighted by Crippen LogP contribution is -2.32. The van der Waals surface area contributed by atoms with E-state index in [1.807, 2.05) is 25.1 Å². The van der Waals surface area contributed by atoms with E-state index in [4.69, 9.17) is 4.74 Å². The lowest BCUT2D eigenvalue weighted by molar-refractivity contribution is -0.00294. The zero-order valence-electron chi connectivity index (χ0n) is 12.8. The summed E-state index contributed by atoms with van der Waals surface area (Å²) < 4.78 is 6.94. The van der Waals surface area contributed by atoms with E-state index in [-0.39, 0.29) is 5.91 Å². The van der Waals surface area contributed by atoms with Crippen molar-refractivity contribution in [1.82, 2.24) is 5.32 Å². The second kappa shape index (κ2) is 8.13. The summed E-state index contributed by atoms with van der Waals surface area (Å²) in [6.45, 7) is 5.46. The van der Waals surface area contributed by atoms with Gasteiger partial charge in [-0.2, -0.15) is 0 Å². The standard InChI is InChI=1S/C17H24INO2/c1-12-6-3-4-9-15(12)21-11-10-19-17(20)14-8-5-7-13(2)16(14)18/h5,7-8,12,15H,3-4,6,9-11H2,1-2H3,(H,19,20)/t12-,15-/m0/s1. The van der Waals surface area contributed by atoms with E-state index in [1.54, 1.807) is 0 Å². The van der Waals surface area contributed by atoms with Crippen molar-refractivity contribution < 1.29 is 9.53 Å². The Kier molecular flexibility index (Phi) is 6.48. The predicted octanol–water partition coefficient (Wildman–Crippen LogP) is 3.92. The molecular weight excluding hydrogens is 377 g/mol. The summed E-state index contributed by atoms with van der Waals surface area (Å²) in [6.07, 6.45) is 5.38. The molecule has 0 aromatic heterocycles. The first-order valence-corrected chi connectivity index (χ1v) is 8.82. The number of carbonyl (C=O) groups is 1. The quantitative estimate of drug-likeness (QED) is 0.600. The van der Waals surface area contributed by atoms with Gasteiger partial charge in [0.15, 0.2) is 0 Å². The fourth-order valence-corrected chi connectivity index (χ4v) is 3.43. The topological polar surface area (TPSA) is 38.3 Å². The van der Waals surface area contributed by atoms with Gasteiger partial charge in [-0.15, -0.1) is 0 Å². The van der Waals surface area contributed by atoms with Crippen LogP contribution in [0.5, 0.6) is 0 Å². The van der Waals surface area contributed by atoms with Gasteiger partial charge in [-0.25, -0.2) is 0 Å². The van der Waals surface area contributed by atoms with Gasteiger partial charge in [0.2, 0.25) is 0 Å². The highest BCUT2D eigenvalue weighted by Crippen LogP contribution is 2.26. The maximum absolute atomic E-state index is 12.2. The molecule has 1 amide bonds. The van der Waals surface area contributed by atoms with Crippen molar-refractivity contribution in [2.24, 2.45) is 5.92 Å². The Balaban J connectivity index is 1.75. The molecule has 0 radical (unpaired) electrons. The van der Waals surface area contributed by atoms with Crippen LogP contribution in [0.3, 0.4) is 0 Å². The van der Waals surface area contributed by atoms with Gasteiger partial charge >= 0.3 is 0 Å². The number of aryl methyl sites for hydroxylation is 1. The lowest BCUT2D eigenvalue weighted by Gasteiger charge is -2.28. The van der Waals surface area contributed by atoms with Crippen LogP contribution in [0.4, 0.5) is 0 Å². The third-order valence-corrected chi connectivity index (χ3v) is 5.62. The van der Waals surface area contributed by atoms with Crippen molar-refractivity contribution in [3.8, 4) is 0 Å². The predicted molar refractivity (Wildman–Crippen MR) is 93.6 cm³/mol. The van der Waals surface area contributed by atoms with Gasteiger partial charge in [0, 0.05) is 10.1 Å². The first-order valence-electron chi connectivity index (χ1n) is 7.74. The molecule has 0 aliphatic heterocycles. The SMILES string of the molecule is Cc1cccc(C(=O)NCCO[C@H]2CCCC[C@@H]2C)c1I. The van der Waals surface area contributed by atoms with E-state index in [2.05, 4.69) is 34.8 Å². The highest BCUT2D eigenvalue weighted by Gasteiger charge is 2.21. The number of hydrogen-bond acceptors (Lipinski definition) is 2. The van der Waals surface area contributed by atoms with Crippen LogP contribution in [-0.2, 0) is 4.74 Å². The fourth-order valence-electron chi connectivity index (χ4n) is 2.82. The van der Waals surface area contributed by atoms with Crippen molar-refractivity contribution in [2.45, 2.75) is 45.6 Å². The van der Waals surface area contributed by atoms with E-state index in [0.717, 1.165) is 21.1 Å². The molecule has 1 aliphatic rings. The van der Waals surface area contributed by atoms with Crippen LogP contribution < -0.4 is 5.32 Å². The normalized spacial score (nSPS) is 22.0. The van der Waals surface area contributed by atoms with E-state index in [1.165, 1.54) is 19.3 Å². The van der Waals surface area contributed by atoms with E-state index < -0.39 is 0 Å². The van der Waals surface area contributed by atoms with Crippen LogP contribution in [0, 0.1) is 16.4 Å². The molecule has 2 rings (SSSR count). The number of nitrogens with one attached hydrogen (secondary N) is 1. The molecule has 3 nitrogen and oxygen atoms in total. The van der Waals surface area contributed by atoms with Gasteiger partial charge in [-0.05, 0) is 59.9 Å². The molecule has 1 N–H and O–H groups in total. The number of hydrogen-bond donors (Lipinski definition) is 1. The summed E-state index contributed by atoms with van der Waals surface area (Å²) in [5.74, 6) is 0.635. The largest absolute Gasteiger partial charge is 0.376 e. The van der Waals surface area contributed by atoms with Crippen LogP contribution in [-0.4, -0.2) is 25.2 Å². The average molecular weight is 401 g/mol. The fraction of sp³-hybridized carbons (Fsp3) is 0.588. The molecule has 21 heavy (non-hydrogen) atoms. The summed E-state index contributed by atoms with van der Waals surface area (Å²) in [6, 6.07) is 5.81. The summed E-state index contributed by atoms with van der Waals surface area (Å²) in [4.78, 5) is 12.2. The molecule has 0 heterocycles. The Hall–Kier alpha value is -0.620. The number of ether oxygens (including phenoxy) is 1. The summed E-state index contributed by atoms with van der Waals surface area (Å²) in [5, 5.41) is 2.95. The molecule has 4 heteroatoms. The molecule has 1 fully saturated rings. The monoisotopic (exact) mass is 401 g/mol. The second-order valence-electron chi connectivity index (χ2n) is 5.86. The van der Waals surface area contributed by atoms with E-state index in [9.17, 15) is 4.79 Å². The first-order chi connectivity index (χ1) is 10.1. The van der Waals surface area contributed by atoms with Crippen LogP contribution in [0.15, 0.2) is 18.2 Å². The number of carbonyl (C=O) groups excluding carboxylic acids is 1. The maximum Gasteiger partial charge on any atom is 0.252 e. The third kappa shape index (κ3) is 4.68. The molecule has 0 unspecified atom stereocenters. The Bertz CT molecular complexity index is 490. The van der Waals surface area contributed by atoms with E-state index in [0.29, 0.717) is 25.2 Å². The summed E-state index contributed by atoms with van der Waals surface area (Å²) in [7, 11) is 0. The Morgan fingerprint density at radius 2 is 2.14 bits per heavy atom. The van der Waals surface area contributed by atoms with Gasteiger partial charge in [-0.1, -0.05) is 31.9 Å². The zero-order valence-corrected chi connectivity index (χ0v) is 15.0. The highest BCUT2D eigenvalue weighted by atomic mass is 127. The molecule has 1 saturated carbocycles. The maximum atomic E-state index is 12.2. The second-order valence-corrected chi connectivity index (χ2v) is 6.94. The van der Waals surface area contributed by atoms with Crippen molar-refractivity contribution in [1.29, 1.82) is 0 Å². The zero-order chi connectivity index (χ0) is 15.2. The van der Waals surface area contributed by atoms with Gasteiger partial charge < -0.3 is 10.1 Å². The number of amides is 1. The van der Waals surface area contributed by atoms with Crippen molar-refractivity contribution in [3.63, 3.8) is 0 Å². The number of halogens is 1. The lowest BCUT2D eigenvalue weighted by atomic mass is 9.88. The Morgan fingerprint density at radius 3 is 2.90 bits per heavy atom. The van der Waals surface area contributed by atoms with Gasteiger partial charge in [0.1, 0.15) is 0 Å². The van der Waals surface area contributed by atoms with E-state index >= 15 is 0 Å². The number of benzene rings is 1. The van der Waals surface area contributed by atoms with Crippen LogP contribution in [0.25, 0.3) is 0 Å². The van der Waals surface area contributed by atoms with Gasteiger partial charge in [0.25, 0.3) is 5.91 Å². The Morgan fingerprint density at radius 1 is 1.38 bits per heavy atom. The Labute approximate surface area is 141 Å². The van der Waals surface area contributed by atoms with Gasteiger partial charge in [0.05, 0.1) is 18.3 Å². The molecule has 2 atom stereocenters. The van der Waals surface area contributed by atoms with Crippen molar-refractivity contribution in [2.75, 3.05) is 13.2 Å².